The molecule has 0 aromatic rings. The van der Waals surface area contributed by atoms with Gasteiger partial charge in [0.2, 0.25) is 0 Å². The van der Waals surface area contributed by atoms with E-state index in [-0.39, 0.29) is 0 Å². The molecular formula is C15H32O4S. The van der Waals surface area contributed by atoms with E-state index in [0.29, 0.717) is 5.75 Å². The first-order chi connectivity index (χ1) is 9.63. The summed E-state index contributed by atoms with van der Waals surface area (Å²) >= 11 is 1.59. The topological polar surface area (TPSA) is 80.9 Å². The van der Waals surface area contributed by atoms with E-state index in [9.17, 15) is 15.3 Å². The first kappa shape index (κ1) is 20.2. The standard InChI is InChI=1S/C15H32O4S/c1-2-3-4-5-6-7-8-9-10-20-12-14(18)15(19)13(17)11-16/h13-19H,2-12H2,1H3/t13-,14-,15+/m0/s1. The molecule has 0 saturated carbocycles. The Morgan fingerprint density at radius 1 is 0.800 bits per heavy atom. The van der Waals surface area contributed by atoms with Crippen LogP contribution < -0.4 is 0 Å². The molecule has 0 fully saturated rings. The van der Waals surface area contributed by atoms with Crippen LogP contribution in [0.4, 0.5) is 0 Å². The van der Waals surface area contributed by atoms with E-state index in [1.54, 1.807) is 11.8 Å². The van der Waals surface area contributed by atoms with Crippen LogP contribution in [0, 0.1) is 0 Å². The van der Waals surface area contributed by atoms with Gasteiger partial charge in [-0.15, -0.1) is 0 Å². The number of thioether (sulfide) groups is 1. The van der Waals surface area contributed by atoms with Crippen LogP contribution >= 0.6 is 11.8 Å². The van der Waals surface area contributed by atoms with Crippen LogP contribution in [-0.4, -0.2) is 56.9 Å². The number of hydrogen-bond acceptors (Lipinski definition) is 5. The summed E-state index contributed by atoms with van der Waals surface area (Å²) in [4.78, 5) is 0. The normalized spacial score (nSPS) is 16.1. The lowest BCUT2D eigenvalue weighted by Crippen LogP contribution is -2.40. The zero-order valence-electron chi connectivity index (χ0n) is 12.7. The largest absolute Gasteiger partial charge is 0.394 e. The highest BCUT2D eigenvalue weighted by Gasteiger charge is 2.23. The molecule has 20 heavy (non-hydrogen) atoms. The molecule has 0 aliphatic carbocycles. The molecule has 122 valence electrons. The summed E-state index contributed by atoms with van der Waals surface area (Å²) in [5, 5.41) is 36.9. The van der Waals surface area contributed by atoms with Crippen LogP contribution in [0.1, 0.15) is 58.3 Å². The Morgan fingerprint density at radius 2 is 1.35 bits per heavy atom. The molecule has 0 aliphatic rings. The average molecular weight is 308 g/mol. The summed E-state index contributed by atoms with van der Waals surface area (Å²) < 4.78 is 0. The van der Waals surface area contributed by atoms with Crippen LogP contribution in [0.2, 0.25) is 0 Å². The van der Waals surface area contributed by atoms with Gasteiger partial charge in [0.15, 0.2) is 0 Å². The summed E-state index contributed by atoms with van der Waals surface area (Å²) in [5.41, 5.74) is 0. The van der Waals surface area contributed by atoms with Crippen LogP contribution in [0.25, 0.3) is 0 Å². The van der Waals surface area contributed by atoms with Gasteiger partial charge in [-0.1, -0.05) is 51.9 Å². The van der Waals surface area contributed by atoms with E-state index in [0.717, 1.165) is 12.2 Å². The zero-order chi connectivity index (χ0) is 15.2. The molecule has 0 radical (unpaired) electrons. The smallest absolute Gasteiger partial charge is 0.109 e. The minimum Gasteiger partial charge on any atom is -0.394 e. The summed E-state index contributed by atoms with van der Waals surface area (Å²) in [7, 11) is 0. The molecule has 0 aliphatic heterocycles. The summed E-state index contributed by atoms with van der Waals surface area (Å²) in [6.45, 7) is 1.70. The van der Waals surface area contributed by atoms with Crippen molar-refractivity contribution in [2.24, 2.45) is 0 Å². The lowest BCUT2D eigenvalue weighted by atomic mass is 10.1. The van der Waals surface area contributed by atoms with E-state index >= 15 is 0 Å². The van der Waals surface area contributed by atoms with E-state index in [1.807, 2.05) is 0 Å². The third kappa shape index (κ3) is 10.9. The summed E-state index contributed by atoms with van der Waals surface area (Å²) in [5.74, 6) is 1.36. The van der Waals surface area contributed by atoms with Gasteiger partial charge in [-0.3, -0.25) is 0 Å². The van der Waals surface area contributed by atoms with Crippen molar-refractivity contribution in [3.05, 3.63) is 0 Å². The molecule has 0 spiro atoms. The van der Waals surface area contributed by atoms with Crippen molar-refractivity contribution in [3.63, 3.8) is 0 Å². The number of unbranched alkanes of at least 4 members (excludes halogenated alkanes) is 7. The third-order valence-corrected chi connectivity index (χ3v) is 4.56. The maximum atomic E-state index is 9.60. The van der Waals surface area contributed by atoms with E-state index < -0.39 is 24.9 Å². The van der Waals surface area contributed by atoms with Crippen molar-refractivity contribution in [2.45, 2.75) is 76.6 Å². The molecule has 4 nitrogen and oxygen atoms in total. The maximum absolute atomic E-state index is 9.60. The fraction of sp³-hybridized carbons (Fsp3) is 1.00. The predicted molar refractivity (Wildman–Crippen MR) is 85.0 cm³/mol. The Morgan fingerprint density at radius 3 is 1.90 bits per heavy atom. The molecule has 0 rings (SSSR count). The van der Waals surface area contributed by atoms with E-state index in [1.165, 1.54) is 44.9 Å². The molecule has 0 saturated heterocycles. The van der Waals surface area contributed by atoms with Gasteiger partial charge in [-0.25, -0.2) is 0 Å². The minimum absolute atomic E-state index is 0.398. The number of aliphatic hydroxyl groups excluding tert-OH is 4. The highest BCUT2D eigenvalue weighted by atomic mass is 32.2. The molecule has 0 amide bonds. The molecular weight excluding hydrogens is 276 g/mol. The van der Waals surface area contributed by atoms with Gasteiger partial charge in [0.05, 0.1) is 12.7 Å². The van der Waals surface area contributed by atoms with Crippen LogP contribution in [0.15, 0.2) is 0 Å². The van der Waals surface area contributed by atoms with E-state index in [2.05, 4.69) is 6.92 Å². The molecule has 0 bridgehead atoms. The van der Waals surface area contributed by atoms with Crippen molar-refractivity contribution in [2.75, 3.05) is 18.1 Å². The molecule has 3 atom stereocenters. The summed E-state index contributed by atoms with van der Waals surface area (Å²) in [6.07, 6.45) is 6.77. The summed E-state index contributed by atoms with van der Waals surface area (Å²) in [6, 6.07) is 0. The molecule has 0 aromatic heterocycles. The van der Waals surface area contributed by atoms with Crippen molar-refractivity contribution >= 4 is 11.8 Å². The SMILES string of the molecule is CCCCCCCCCCSC[C@H](O)[C@H](O)[C@@H](O)CO. The van der Waals surface area contributed by atoms with Gasteiger partial charge in [-0.05, 0) is 12.2 Å². The zero-order valence-corrected chi connectivity index (χ0v) is 13.5. The molecule has 0 unspecified atom stereocenters. The lowest BCUT2D eigenvalue weighted by molar-refractivity contribution is -0.0683. The van der Waals surface area contributed by atoms with Crippen molar-refractivity contribution < 1.29 is 20.4 Å². The first-order valence-electron chi connectivity index (χ1n) is 7.86. The number of hydrogen-bond donors (Lipinski definition) is 4. The Kier molecular flexibility index (Phi) is 14.3. The average Bonchev–Trinajstić information content (AvgIpc) is 2.47. The fourth-order valence-corrected chi connectivity index (χ4v) is 3.02. The van der Waals surface area contributed by atoms with Gasteiger partial charge >= 0.3 is 0 Å². The molecule has 0 aromatic carbocycles. The Hall–Kier alpha value is 0.190. The Bertz CT molecular complexity index is 204. The van der Waals surface area contributed by atoms with Gasteiger partial charge in [0.1, 0.15) is 12.2 Å². The van der Waals surface area contributed by atoms with Crippen LogP contribution in [-0.2, 0) is 0 Å². The second kappa shape index (κ2) is 14.1. The fourth-order valence-electron chi connectivity index (χ4n) is 2.01. The first-order valence-corrected chi connectivity index (χ1v) is 9.01. The number of rotatable bonds is 14. The van der Waals surface area contributed by atoms with Gasteiger partial charge in [0, 0.05) is 5.75 Å². The second-order valence-corrected chi connectivity index (χ2v) is 6.51. The van der Waals surface area contributed by atoms with Crippen LogP contribution in [0.3, 0.4) is 0 Å². The number of aliphatic hydroxyl groups is 4. The Balaban J connectivity index is 3.31. The van der Waals surface area contributed by atoms with Crippen molar-refractivity contribution in [3.8, 4) is 0 Å². The molecule has 4 N–H and O–H groups in total. The van der Waals surface area contributed by atoms with Gasteiger partial charge < -0.3 is 20.4 Å². The maximum Gasteiger partial charge on any atom is 0.109 e. The molecule has 0 heterocycles. The minimum atomic E-state index is -1.26. The second-order valence-electron chi connectivity index (χ2n) is 5.36. The van der Waals surface area contributed by atoms with Gasteiger partial charge in [-0.2, -0.15) is 11.8 Å². The Labute approximate surface area is 127 Å². The van der Waals surface area contributed by atoms with Crippen LogP contribution in [0.5, 0.6) is 0 Å². The quantitative estimate of drug-likeness (QED) is 0.369. The van der Waals surface area contributed by atoms with Crippen molar-refractivity contribution in [1.82, 2.24) is 0 Å². The third-order valence-electron chi connectivity index (χ3n) is 3.41. The lowest BCUT2D eigenvalue weighted by Gasteiger charge is -2.21. The van der Waals surface area contributed by atoms with E-state index in [4.69, 9.17) is 5.11 Å². The highest BCUT2D eigenvalue weighted by molar-refractivity contribution is 7.99. The highest BCUT2D eigenvalue weighted by Crippen LogP contribution is 2.13. The van der Waals surface area contributed by atoms with Gasteiger partial charge in [0.25, 0.3) is 0 Å². The predicted octanol–water partition coefficient (Wildman–Crippen LogP) is 1.94. The monoisotopic (exact) mass is 308 g/mol. The van der Waals surface area contributed by atoms with Crippen molar-refractivity contribution in [1.29, 1.82) is 0 Å². The molecule has 5 heteroatoms.